The standard InChI is InChI=1S/C6H16Si.C5H11NSi.CH4/c1-5-6-7(2,3)4;1-7(2,3)5-4-6;/h5-6H2,1-4H3;5H2,1-3H3;1H4. The Morgan fingerprint density at radius 2 is 1.33 bits per heavy atom. The zero-order valence-corrected chi connectivity index (χ0v) is 13.1. The first-order valence-corrected chi connectivity index (χ1v) is 12.9. The van der Waals surface area contributed by atoms with Crippen LogP contribution < -0.4 is 0 Å². The predicted molar refractivity (Wildman–Crippen MR) is 78.9 cm³/mol. The molecule has 0 heterocycles. The van der Waals surface area contributed by atoms with Crippen molar-refractivity contribution in [3.05, 3.63) is 0 Å². The maximum atomic E-state index is 8.19. The number of hydrogen-bond acceptors (Lipinski definition) is 1. The second-order valence-corrected chi connectivity index (χ2v) is 17.3. The molecule has 0 spiro atoms. The number of rotatable bonds is 3. The largest absolute Gasteiger partial charge is 0.199 e. The molecule has 0 unspecified atom stereocenters. The van der Waals surface area contributed by atoms with E-state index in [4.69, 9.17) is 5.26 Å². The molecule has 0 aliphatic heterocycles. The van der Waals surface area contributed by atoms with Crippen molar-refractivity contribution >= 4 is 16.1 Å². The fourth-order valence-corrected chi connectivity index (χ4v) is 2.96. The molecule has 0 aromatic rings. The number of nitrogens with zero attached hydrogens (tertiary/aromatic N) is 1. The van der Waals surface area contributed by atoms with Gasteiger partial charge in [-0.05, 0) is 0 Å². The summed E-state index contributed by atoms with van der Waals surface area (Å²) < 4.78 is 0. The second kappa shape index (κ2) is 9.17. The molecule has 3 heteroatoms. The van der Waals surface area contributed by atoms with Gasteiger partial charge in [0.2, 0.25) is 0 Å². The van der Waals surface area contributed by atoms with E-state index in [1.165, 1.54) is 12.5 Å². The van der Waals surface area contributed by atoms with Crippen LogP contribution in [0.5, 0.6) is 0 Å². The van der Waals surface area contributed by atoms with Crippen LogP contribution in [0.15, 0.2) is 0 Å². The molecule has 0 saturated carbocycles. The van der Waals surface area contributed by atoms with E-state index in [-0.39, 0.29) is 7.43 Å². The minimum atomic E-state index is -1.02. The van der Waals surface area contributed by atoms with Crippen LogP contribution in [0.4, 0.5) is 0 Å². The van der Waals surface area contributed by atoms with Crippen LogP contribution in [0.2, 0.25) is 51.4 Å². The van der Waals surface area contributed by atoms with E-state index in [0.717, 1.165) is 6.04 Å². The minimum absolute atomic E-state index is 0. The summed E-state index contributed by atoms with van der Waals surface area (Å²) in [4.78, 5) is 0. The summed E-state index contributed by atoms with van der Waals surface area (Å²) in [5.41, 5.74) is 0. The van der Waals surface area contributed by atoms with Gasteiger partial charge in [0.15, 0.2) is 0 Å². The molecule has 0 N–H and O–H groups in total. The molecule has 0 fully saturated rings. The van der Waals surface area contributed by atoms with Gasteiger partial charge in [0, 0.05) is 14.1 Å². The van der Waals surface area contributed by atoms with E-state index in [2.05, 4.69) is 52.3 Å². The zero-order chi connectivity index (χ0) is 11.8. The summed E-state index contributed by atoms with van der Waals surface area (Å²) in [6, 6.07) is 4.43. The van der Waals surface area contributed by atoms with Gasteiger partial charge in [-0.2, -0.15) is 5.26 Å². The van der Waals surface area contributed by atoms with Gasteiger partial charge in [0.25, 0.3) is 0 Å². The van der Waals surface area contributed by atoms with Crippen LogP contribution in [-0.2, 0) is 0 Å². The molecule has 0 aliphatic carbocycles. The van der Waals surface area contributed by atoms with Crippen molar-refractivity contribution < 1.29 is 0 Å². The maximum absolute atomic E-state index is 8.19. The Labute approximate surface area is 99.9 Å². The van der Waals surface area contributed by atoms with Crippen LogP contribution in [0, 0.1) is 11.3 Å². The van der Waals surface area contributed by atoms with Crippen molar-refractivity contribution in [3.63, 3.8) is 0 Å². The van der Waals surface area contributed by atoms with Crippen molar-refractivity contribution in [1.29, 1.82) is 5.26 Å². The summed E-state index contributed by atoms with van der Waals surface area (Å²) in [7, 11) is -1.68. The fourth-order valence-electron chi connectivity index (χ4n) is 0.987. The Kier molecular flexibility index (Phi) is 12.4. The molecule has 0 aliphatic rings. The van der Waals surface area contributed by atoms with Gasteiger partial charge in [-0.25, -0.2) is 0 Å². The topological polar surface area (TPSA) is 23.8 Å². The molecule has 1 nitrogen and oxygen atoms in total. The lowest BCUT2D eigenvalue weighted by Crippen LogP contribution is -2.17. The molecule has 15 heavy (non-hydrogen) atoms. The zero-order valence-electron chi connectivity index (χ0n) is 11.1. The molecule has 0 radical (unpaired) electrons. The van der Waals surface area contributed by atoms with Gasteiger partial charge in [0.1, 0.15) is 0 Å². The summed E-state index contributed by atoms with van der Waals surface area (Å²) >= 11 is 0. The average molecular weight is 246 g/mol. The predicted octanol–water partition coefficient (Wildman–Crippen LogP) is 5.22. The van der Waals surface area contributed by atoms with E-state index >= 15 is 0 Å². The molecule has 92 valence electrons. The maximum Gasteiger partial charge on any atom is 0.0601 e. The van der Waals surface area contributed by atoms with Gasteiger partial charge in [-0.15, -0.1) is 0 Å². The first-order valence-electron chi connectivity index (χ1n) is 5.49. The van der Waals surface area contributed by atoms with Crippen LogP contribution >= 0.6 is 0 Å². The van der Waals surface area contributed by atoms with Crippen molar-refractivity contribution in [2.24, 2.45) is 0 Å². The summed E-state index contributed by atoms with van der Waals surface area (Å²) in [5, 5.41) is 8.19. The molecular formula is C12H31NSi2. The molecule has 0 aromatic heterocycles. The van der Waals surface area contributed by atoms with Crippen LogP contribution in [-0.4, -0.2) is 16.1 Å². The molecule has 0 atom stereocenters. The van der Waals surface area contributed by atoms with Gasteiger partial charge in [-0.3, -0.25) is 0 Å². The first kappa shape index (κ1) is 20.4. The van der Waals surface area contributed by atoms with E-state index < -0.39 is 16.1 Å². The summed E-state index contributed by atoms with van der Waals surface area (Å²) in [6.07, 6.45) is 1.37. The Hall–Kier alpha value is -0.0762. The summed E-state index contributed by atoms with van der Waals surface area (Å²) in [5.74, 6) is 0. The van der Waals surface area contributed by atoms with Gasteiger partial charge in [-0.1, -0.05) is 66.1 Å². The highest BCUT2D eigenvalue weighted by molar-refractivity contribution is 6.76. The smallest absolute Gasteiger partial charge is 0.0601 e. The third-order valence-corrected chi connectivity index (χ3v) is 4.83. The quantitative estimate of drug-likeness (QED) is 0.625. The normalized spacial score (nSPS) is 10.5. The molecule has 0 amide bonds. The number of nitriles is 1. The number of hydrogen-bond donors (Lipinski definition) is 0. The Balaban J connectivity index is -0.000000180. The molecule has 0 saturated heterocycles. The van der Waals surface area contributed by atoms with Gasteiger partial charge < -0.3 is 0 Å². The van der Waals surface area contributed by atoms with Crippen molar-refractivity contribution in [3.8, 4) is 6.07 Å². The first-order chi connectivity index (χ1) is 6.12. The van der Waals surface area contributed by atoms with Gasteiger partial charge >= 0.3 is 0 Å². The molecule has 0 rings (SSSR count). The van der Waals surface area contributed by atoms with E-state index in [9.17, 15) is 0 Å². The lowest BCUT2D eigenvalue weighted by Gasteiger charge is -2.12. The van der Waals surface area contributed by atoms with Crippen molar-refractivity contribution in [2.75, 3.05) is 0 Å². The van der Waals surface area contributed by atoms with Crippen molar-refractivity contribution in [1.82, 2.24) is 0 Å². The van der Waals surface area contributed by atoms with Crippen LogP contribution in [0.1, 0.15) is 20.8 Å². The third-order valence-electron chi connectivity index (χ3n) is 1.61. The monoisotopic (exact) mass is 245 g/mol. The Morgan fingerprint density at radius 3 is 1.33 bits per heavy atom. The van der Waals surface area contributed by atoms with Crippen molar-refractivity contribution in [2.45, 2.75) is 72.1 Å². The Morgan fingerprint density at radius 1 is 0.933 bits per heavy atom. The summed E-state index contributed by atoms with van der Waals surface area (Å²) in [6.45, 7) is 16.1. The lowest BCUT2D eigenvalue weighted by atomic mass is 10.6. The highest BCUT2D eigenvalue weighted by atomic mass is 28.3. The lowest BCUT2D eigenvalue weighted by molar-refractivity contribution is 1.05. The van der Waals surface area contributed by atoms with Crippen LogP contribution in [0.3, 0.4) is 0 Å². The third kappa shape index (κ3) is 31.5. The Bertz CT molecular complexity index is 170. The average Bonchev–Trinajstić information content (AvgIpc) is 1.81. The van der Waals surface area contributed by atoms with Crippen LogP contribution in [0.25, 0.3) is 0 Å². The fraction of sp³-hybridized carbons (Fsp3) is 0.917. The SMILES string of the molecule is C.CCC[Si](C)(C)C.C[Si](C)(C)CC#N. The molecule has 0 aromatic carbocycles. The van der Waals surface area contributed by atoms with E-state index in [1.54, 1.807) is 0 Å². The van der Waals surface area contributed by atoms with E-state index in [1.807, 2.05) is 0 Å². The van der Waals surface area contributed by atoms with E-state index in [0.29, 0.717) is 0 Å². The molecular weight excluding hydrogens is 214 g/mol. The molecule has 0 bridgehead atoms. The highest BCUT2D eigenvalue weighted by Gasteiger charge is 2.10. The minimum Gasteiger partial charge on any atom is -0.199 e. The highest BCUT2D eigenvalue weighted by Crippen LogP contribution is 2.09. The second-order valence-electron chi connectivity index (χ2n) is 6.21. The van der Waals surface area contributed by atoms with Gasteiger partial charge in [0.05, 0.1) is 14.1 Å².